The first-order valence-electron chi connectivity index (χ1n) is 6.75. The van der Waals surface area contributed by atoms with Gasteiger partial charge in [-0.25, -0.2) is 4.79 Å². The predicted molar refractivity (Wildman–Crippen MR) is 76.8 cm³/mol. The number of carbonyl (C=O) groups excluding carboxylic acids is 1. The molecular formula is C15H18N2O4. The highest BCUT2D eigenvalue weighted by atomic mass is 16.5. The number of rotatable bonds is 4. The number of nitrogens with zero attached hydrogens (tertiary/aromatic N) is 1. The van der Waals surface area contributed by atoms with Crippen LogP contribution in [0.1, 0.15) is 35.7 Å². The van der Waals surface area contributed by atoms with Crippen LogP contribution in [0.4, 0.5) is 0 Å². The average Bonchev–Trinajstić information content (AvgIpc) is 2.45. The van der Waals surface area contributed by atoms with Crippen LogP contribution in [0, 0.1) is 0 Å². The lowest BCUT2D eigenvalue weighted by atomic mass is 9.92. The fourth-order valence-electron chi connectivity index (χ4n) is 2.20. The van der Waals surface area contributed by atoms with E-state index in [1.165, 1.54) is 18.5 Å². The predicted octanol–water partition coefficient (Wildman–Crippen LogP) is 1.48. The molecule has 1 aliphatic rings. The summed E-state index contributed by atoms with van der Waals surface area (Å²) in [5, 5.41) is 11.7. The van der Waals surface area contributed by atoms with Crippen molar-refractivity contribution >= 4 is 18.0 Å². The van der Waals surface area contributed by atoms with Crippen molar-refractivity contribution in [2.45, 2.75) is 25.3 Å². The quantitative estimate of drug-likeness (QED) is 0.820. The summed E-state index contributed by atoms with van der Waals surface area (Å²) in [6.45, 7) is 3.24. The van der Waals surface area contributed by atoms with Gasteiger partial charge in [0, 0.05) is 48.3 Å². The minimum absolute atomic E-state index is 0.230. The van der Waals surface area contributed by atoms with Crippen molar-refractivity contribution in [2.24, 2.45) is 0 Å². The van der Waals surface area contributed by atoms with Gasteiger partial charge in [-0.15, -0.1) is 0 Å². The first-order chi connectivity index (χ1) is 10.0. The molecular weight excluding hydrogens is 272 g/mol. The van der Waals surface area contributed by atoms with Gasteiger partial charge in [-0.1, -0.05) is 0 Å². The van der Waals surface area contributed by atoms with E-state index < -0.39 is 5.97 Å². The maximum atomic E-state index is 12.4. The molecule has 1 fully saturated rings. The molecule has 0 saturated carbocycles. The van der Waals surface area contributed by atoms with E-state index in [-0.39, 0.29) is 11.4 Å². The van der Waals surface area contributed by atoms with Crippen LogP contribution in [0.2, 0.25) is 0 Å². The zero-order valence-electron chi connectivity index (χ0n) is 11.8. The van der Waals surface area contributed by atoms with Crippen molar-refractivity contribution in [3.8, 4) is 0 Å². The molecule has 6 nitrogen and oxygen atoms in total. The molecule has 0 radical (unpaired) electrons. The molecule has 1 aromatic rings. The third-order valence-electron chi connectivity index (χ3n) is 3.51. The number of carboxylic acids is 1. The van der Waals surface area contributed by atoms with Gasteiger partial charge in [0.2, 0.25) is 0 Å². The van der Waals surface area contributed by atoms with E-state index in [9.17, 15) is 9.59 Å². The number of aromatic nitrogens is 1. The first-order valence-corrected chi connectivity index (χ1v) is 6.75. The van der Waals surface area contributed by atoms with Crippen molar-refractivity contribution in [2.75, 3.05) is 13.2 Å². The number of hydrogen-bond donors (Lipinski definition) is 2. The Balaban J connectivity index is 2.17. The van der Waals surface area contributed by atoms with Gasteiger partial charge in [-0.2, -0.15) is 0 Å². The van der Waals surface area contributed by atoms with Crippen LogP contribution < -0.4 is 5.32 Å². The number of carboxylic acid groups (broad SMARTS) is 1. The third-order valence-corrected chi connectivity index (χ3v) is 3.51. The normalized spacial score (nSPS) is 17.6. The summed E-state index contributed by atoms with van der Waals surface area (Å²) in [7, 11) is 0. The molecule has 1 aromatic heterocycles. The van der Waals surface area contributed by atoms with Crippen LogP contribution >= 0.6 is 0 Å². The summed E-state index contributed by atoms with van der Waals surface area (Å²) in [6, 6.07) is 1.58. The second kappa shape index (κ2) is 6.49. The van der Waals surface area contributed by atoms with Crippen LogP contribution in [0.25, 0.3) is 6.08 Å². The largest absolute Gasteiger partial charge is 0.478 e. The lowest BCUT2D eigenvalue weighted by Gasteiger charge is -2.34. The number of aliphatic carboxylic acids is 1. The molecule has 1 amide bonds. The van der Waals surface area contributed by atoms with Crippen molar-refractivity contribution < 1.29 is 19.4 Å². The summed E-state index contributed by atoms with van der Waals surface area (Å²) in [5.74, 6) is -1.30. The summed E-state index contributed by atoms with van der Waals surface area (Å²) in [5.41, 5.74) is 0.593. The van der Waals surface area contributed by atoms with Gasteiger partial charge in [0.1, 0.15) is 0 Å². The highest BCUT2D eigenvalue weighted by Crippen LogP contribution is 2.21. The molecule has 0 aliphatic carbocycles. The second-order valence-electron chi connectivity index (χ2n) is 5.26. The number of pyridine rings is 1. The van der Waals surface area contributed by atoms with Crippen molar-refractivity contribution in [1.29, 1.82) is 0 Å². The van der Waals surface area contributed by atoms with Crippen molar-refractivity contribution in [3.63, 3.8) is 0 Å². The highest BCUT2D eigenvalue weighted by Gasteiger charge is 2.29. The molecule has 6 heteroatoms. The van der Waals surface area contributed by atoms with Crippen LogP contribution in [0.15, 0.2) is 24.5 Å². The number of ether oxygens (including phenoxy) is 1. The van der Waals surface area contributed by atoms with E-state index in [1.807, 2.05) is 6.92 Å². The Morgan fingerprint density at radius 3 is 2.81 bits per heavy atom. The summed E-state index contributed by atoms with van der Waals surface area (Å²) in [4.78, 5) is 26.9. The SMILES string of the molecule is CC1(NC(=O)c2ccncc2/C=C/C(=O)O)CCOCC1. The fraction of sp³-hybridized carbons (Fsp3) is 0.400. The van der Waals surface area contributed by atoms with Crippen molar-refractivity contribution in [1.82, 2.24) is 10.3 Å². The van der Waals surface area contributed by atoms with Crippen LogP contribution in [0.5, 0.6) is 0 Å². The lowest BCUT2D eigenvalue weighted by molar-refractivity contribution is -0.131. The van der Waals surface area contributed by atoms with E-state index in [0.717, 1.165) is 18.9 Å². The Kier molecular flexibility index (Phi) is 4.70. The smallest absolute Gasteiger partial charge is 0.328 e. The third kappa shape index (κ3) is 4.13. The number of hydrogen-bond acceptors (Lipinski definition) is 4. The average molecular weight is 290 g/mol. The maximum absolute atomic E-state index is 12.4. The van der Waals surface area contributed by atoms with E-state index in [4.69, 9.17) is 9.84 Å². The van der Waals surface area contributed by atoms with Crippen LogP contribution in [0.3, 0.4) is 0 Å². The van der Waals surface area contributed by atoms with Gasteiger partial charge < -0.3 is 15.2 Å². The zero-order chi connectivity index (χ0) is 15.3. The van der Waals surface area contributed by atoms with Gasteiger partial charge in [0.25, 0.3) is 5.91 Å². The van der Waals surface area contributed by atoms with Gasteiger partial charge in [-0.3, -0.25) is 9.78 Å². The topological polar surface area (TPSA) is 88.5 Å². The summed E-state index contributed by atoms with van der Waals surface area (Å²) >= 11 is 0. The number of nitrogens with one attached hydrogen (secondary N) is 1. The standard InChI is InChI=1S/C15H18N2O4/c1-15(5-8-21-9-6-15)17-14(20)12-4-7-16-10-11(12)2-3-13(18)19/h2-4,7,10H,5-6,8-9H2,1H3,(H,17,20)(H,18,19)/b3-2+. The second-order valence-corrected chi connectivity index (χ2v) is 5.26. The molecule has 0 spiro atoms. The number of carbonyl (C=O) groups is 2. The van der Waals surface area contributed by atoms with Crippen LogP contribution in [-0.2, 0) is 9.53 Å². The highest BCUT2D eigenvalue weighted by molar-refractivity contribution is 5.99. The molecule has 2 N–H and O–H groups in total. The minimum Gasteiger partial charge on any atom is -0.478 e. The van der Waals surface area contributed by atoms with Gasteiger partial charge >= 0.3 is 5.97 Å². The minimum atomic E-state index is -1.07. The first kappa shape index (κ1) is 15.2. The molecule has 112 valence electrons. The lowest BCUT2D eigenvalue weighted by Crippen LogP contribution is -2.49. The fourth-order valence-corrected chi connectivity index (χ4v) is 2.20. The zero-order valence-corrected chi connectivity index (χ0v) is 11.8. The maximum Gasteiger partial charge on any atom is 0.328 e. The summed E-state index contributed by atoms with van der Waals surface area (Å²) < 4.78 is 5.30. The summed E-state index contributed by atoms with van der Waals surface area (Å²) in [6.07, 6.45) is 6.86. The Labute approximate surface area is 122 Å². The van der Waals surface area contributed by atoms with E-state index in [2.05, 4.69) is 10.3 Å². The van der Waals surface area contributed by atoms with E-state index in [0.29, 0.717) is 24.3 Å². The van der Waals surface area contributed by atoms with Crippen LogP contribution in [-0.4, -0.2) is 40.7 Å². The van der Waals surface area contributed by atoms with Gasteiger partial charge in [0.15, 0.2) is 0 Å². The van der Waals surface area contributed by atoms with Gasteiger partial charge in [-0.05, 0) is 31.9 Å². The molecule has 21 heavy (non-hydrogen) atoms. The molecule has 0 aromatic carbocycles. The molecule has 1 aliphatic heterocycles. The molecule has 0 unspecified atom stereocenters. The Morgan fingerprint density at radius 1 is 1.43 bits per heavy atom. The molecule has 0 bridgehead atoms. The molecule has 2 rings (SSSR count). The Morgan fingerprint density at radius 2 is 2.14 bits per heavy atom. The van der Waals surface area contributed by atoms with E-state index >= 15 is 0 Å². The number of amides is 1. The Hall–Kier alpha value is -2.21. The monoisotopic (exact) mass is 290 g/mol. The van der Waals surface area contributed by atoms with E-state index in [1.54, 1.807) is 6.07 Å². The van der Waals surface area contributed by atoms with Crippen molar-refractivity contribution in [3.05, 3.63) is 35.7 Å². The molecule has 1 saturated heterocycles. The molecule has 0 atom stereocenters. The van der Waals surface area contributed by atoms with Gasteiger partial charge in [0.05, 0.1) is 0 Å². The molecule has 2 heterocycles. The Bertz CT molecular complexity index is 563.